The zero-order chi connectivity index (χ0) is 16.6. The highest BCUT2D eigenvalue weighted by Gasteiger charge is 2.53. The van der Waals surface area contributed by atoms with Gasteiger partial charge in [-0.1, -0.05) is 62.3 Å². The van der Waals surface area contributed by atoms with Crippen LogP contribution < -0.4 is 0 Å². The van der Waals surface area contributed by atoms with Gasteiger partial charge in [-0.15, -0.1) is 0 Å². The Morgan fingerprint density at radius 3 is 1.71 bits per heavy atom. The number of rotatable bonds is 4. The minimum Gasteiger partial charge on any atom is -0.300 e. The summed E-state index contributed by atoms with van der Waals surface area (Å²) in [6, 6.07) is 0. The van der Waals surface area contributed by atoms with Crippen LogP contribution in [-0.2, 0) is 4.79 Å². The van der Waals surface area contributed by atoms with E-state index >= 15 is 0 Å². The van der Waals surface area contributed by atoms with Crippen LogP contribution in [0.1, 0.15) is 81.6 Å². The van der Waals surface area contributed by atoms with Crippen molar-refractivity contribution in [1.82, 2.24) is 0 Å². The van der Waals surface area contributed by atoms with Crippen molar-refractivity contribution in [2.45, 2.75) is 104 Å². The maximum absolute atomic E-state index is 12.9. The van der Waals surface area contributed by atoms with Gasteiger partial charge >= 0.3 is 0 Å². The van der Waals surface area contributed by atoms with E-state index in [0.29, 0.717) is 39.3 Å². The van der Waals surface area contributed by atoms with Gasteiger partial charge in [0.1, 0.15) is 5.78 Å². The highest BCUT2D eigenvalue weighted by atomic mass is 28.3. The summed E-state index contributed by atoms with van der Waals surface area (Å²) in [4.78, 5) is 12.9. The van der Waals surface area contributed by atoms with Gasteiger partial charge in [0.15, 0.2) is 0 Å². The second-order valence-corrected chi connectivity index (χ2v) is 15.5. The van der Waals surface area contributed by atoms with E-state index in [0.717, 1.165) is 19.3 Å². The number of hydrogen-bond donors (Lipinski definition) is 0. The molecule has 1 saturated carbocycles. The SMILES string of the molecule is CC(C)[Si](C(C)C)(C(C)C)C1CC(C(C)(C)C)CCC1=O. The van der Waals surface area contributed by atoms with Gasteiger partial charge < -0.3 is 0 Å². The Kier molecular flexibility index (Phi) is 5.91. The molecule has 0 N–H and O–H groups in total. The van der Waals surface area contributed by atoms with Crippen molar-refractivity contribution in [2.24, 2.45) is 11.3 Å². The lowest BCUT2D eigenvalue weighted by Crippen LogP contribution is -2.53. The molecule has 1 rings (SSSR count). The van der Waals surface area contributed by atoms with Gasteiger partial charge in [-0.25, -0.2) is 0 Å². The Balaban J connectivity index is 3.25. The summed E-state index contributed by atoms with van der Waals surface area (Å²) in [7, 11) is -1.66. The summed E-state index contributed by atoms with van der Waals surface area (Å²) >= 11 is 0. The molecule has 0 amide bonds. The lowest BCUT2D eigenvalue weighted by Gasteiger charge is -2.52. The summed E-state index contributed by atoms with van der Waals surface area (Å²) in [5.41, 5.74) is 2.78. The fourth-order valence-electron chi connectivity index (χ4n) is 5.50. The van der Waals surface area contributed by atoms with Gasteiger partial charge in [-0.05, 0) is 40.8 Å². The number of Topliss-reactive ketones (excluding diaryl/α,β-unsaturated/α-hetero) is 1. The zero-order valence-corrected chi connectivity index (χ0v) is 16.9. The van der Waals surface area contributed by atoms with E-state index < -0.39 is 8.07 Å². The second kappa shape index (κ2) is 6.56. The topological polar surface area (TPSA) is 17.1 Å². The predicted molar refractivity (Wildman–Crippen MR) is 96.6 cm³/mol. The number of carbonyl (C=O) groups excluding carboxylic acids is 1. The molecule has 1 aliphatic rings. The third-order valence-electron chi connectivity index (χ3n) is 6.48. The lowest BCUT2D eigenvalue weighted by molar-refractivity contribution is -0.121. The van der Waals surface area contributed by atoms with Crippen LogP contribution in [0.5, 0.6) is 0 Å². The van der Waals surface area contributed by atoms with E-state index in [1.54, 1.807) is 0 Å². The summed E-state index contributed by atoms with van der Waals surface area (Å²) in [5.74, 6) is 1.31. The standard InChI is InChI=1S/C19H38OSi/c1-13(2)21(14(3)4,15(5)6)18-12-16(19(7,8)9)10-11-17(18)20/h13-16,18H,10-12H2,1-9H3. The first-order chi connectivity index (χ1) is 9.45. The van der Waals surface area contributed by atoms with Gasteiger partial charge in [0.05, 0.1) is 8.07 Å². The molecular weight excluding hydrogens is 272 g/mol. The Bertz CT molecular complexity index is 340. The fourth-order valence-corrected chi connectivity index (χ4v) is 13.3. The molecule has 2 unspecified atom stereocenters. The number of carbonyl (C=O) groups is 1. The average Bonchev–Trinajstić information content (AvgIpc) is 2.29. The third-order valence-corrected chi connectivity index (χ3v) is 14.2. The van der Waals surface area contributed by atoms with Crippen LogP contribution in [0.15, 0.2) is 0 Å². The molecule has 0 aromatic carbocycles. The van der Waals surface area contributed by atoms with Crippen molar-refractivity contribution < 1.29 is 4.79 Å². The van der Waals surface area contributed by atoms with Gasteiger partial charge in [0.25, 0.3) is 0 Å². The van der Waals surface area contributed by atoms with Crippen LogP contribution >= 0.6 is 0 Å². The molecule has 0 saturated heterocycles. The highest BCUT2D eigenvalue weighted by Crippen LogP contribution is 2.55. The first-order valence-corrected chi connectivity index (χ1v) is 11.3. The normalized spacial score (nSPS) is 25.2. The number of ketones is 1. The van der Waals surface area contributed by atoms with Crippen molar-refractivity contribution in [3.63, 3.8) is 0 Å². The van der Waals surface area contributed by atoms with Crippen molar-refractivity contribution in [1.29, 1.82) is 0 Å². The van der Waals surface area contributed by atoms with Crippen LogP contribution in [0.3, 0.4) is 0 Å². The second-order valence-electron chi connectivity index (χ2n) is 9.32. The molecule has 124 valence electrons. The fraction of sp³-hybridized carbons (Fsp3) is 0.947. The zero-order valence-electron chi connectivity index (χ0n) is 15.9. The average molecular weight is 311 g/mol. The van der Waals surface area contributed by atoms with Gasteiger partial charge in [0.2, 0.25) is 0 Å². The van der Waals surface area contributed by atoms with E-state index in [-0.39, 0.29) is 0 Å². The third kappa shape index (κ3) is 3.46. The maximum atomic E-state index is 12.9. The van der Waals surface area contributed by atoms with Crippen molar-refractivity contribution in [3.05, 3.63) is 0 Å². The predicted octanol–water partition coefficient (Wildman–Crippen LogP) is 6.45. The van der Waals surface area contributed by atoms with Crippen molar-refractivity contribution >= 4 is 13.9 Å². The monoisotopic (exact) mass is 310 g/mol. The van der Waals surface area contributed by atoms with Crippen LogP contribution in [0, 0.1) is 11.3 Å². The lowest BCUT2D eigenvalue weighted by atomic mass is 9.72. The summed E-state index contributed by atoms with van der Waals surface area (Å²) in [6.45, 7) is 21.4. The summed E-state index contributed by atoms with van der Waals surface area (Å²) in [5, 5.41) is 0. The summed E-state index contributed by atoms with van der Waals surface area (Å²) in [6.07, 6.45) is 3.09. The first-order valence-electron chi connectivity index (χ1n) is 8.98. The van der Waals surface area contributed by atoms with Crippen LogP contribution in [0.2, 0.25) is 22.2 Å². The Hall–Kier alpha value is -0.113. The minimum atomic E-state index is -1.66. The van der Waals surface area contributed by atoms with Crippen LogP contribution in [0.4, 0.5) is 0 Å². The number of hydrogen-bond acceptors (Lipinski definition) is 1. The van der Waals surface area contributed by atoms with Gasteiger partial charge in [-0.3, -0.25) is 4.79 Å². The first kappa shape index (κ1) is 18.9. The van der Waals surface area contributed by atoms with Crippen LogP contribution in [-0.4, -0.2) is 13.9 Å². The molecule has 0 bridgehead atoms. The molecular formula is C19H38OSi. The molecule has 0 aliphatic heterocycles. The van der Waals surface area contributed by atoms with E-state index in [4.69, 9.17) is 0 Å². The molecule has 1 fully saturated rings. The molecule has 1 aliphatic carbocycles. The van der Waals surface area contributed by atoms with E-state index in [1.807, 2.05) is 0 Å². The molecule has 0 aromatic rings. The smallest absolute Gasteiger partial charge is 0.133 e. The molecule has 0 spiro atoms. The molecule has 21 heavy (non-hydrogen) atoms. The summed E-state index contributed by atoms with van der Waals surface area (Å²) < 4.78 is 0. The molecule has 0 heterocycles. The molecule has 2 atom stereocenters. The Morgan fingerprint density at radius 1 is 0.952 bits per heavy atom. The van der Waals surface area contributed by atoms with Crippen molar-refractivity contribution in [3.8, 4) is 0 Å². The Morgan fingerprint density at radius 2 is 1.38 bits per heavy atom. The largest absolute Gasteiger partial charge is 0.300 e. The van der Waals surface area contributed by atoms with Crippen LogP contribution in [0.25, 0.3) is 0 Å². The molecule has 0 aromatic heterocycles. The molecule has 1 nitrogen and oxygen atoms in total. The van der Waals surface area contributed by atoms with E-state index in [1.165, 1.54) is 0 Å². The molecule has 2 heteroatoms. The quantitative estimate of drug-likeness (QED) is 0.545. The van der Waals surface area contributed by atoms with E-state index in [2.05, 4.69) is 62.3 Å². The maximum Gasteiger partial charge on any atom is 0.133 e. The highest BCUT2D eigenvalue weighted by molar-refractivity contribution is 6.87. The minimum absolute atomic E-state index is 0.337. The van der Waals surface area contributed by atoms with Crippen molar-refractivity contribution in [2.75, 3.05) is 0 Å². The van der Waals surface area contributed by atoms with E-state index in [9.17, 15) is 4.79 Å². The van der Waals surface area contributed by atoms with Gasteiger partial charge in [-0.2, -0.15) is 0 Å². The van der Waals surface area contributed by atoms with Gasteiger partial charge in [0, 0.05) is 12.0 Å². The Labute approximate surface area is 134 Å². The molecule has 0 radical (unpaired) electrons.